The first-order chi connectivity index (χ1) is 7.54. The largest absolute Gasteiger partial charge is 0.368 e. The number of nitrogens with zero attached hydrogens (tertiary/aromatic N) is 1. The van der Waals surface area contributed by atoms with E-state index >= 15 is 0 Å². The summed E-state index contributed by atoms with van der Waals surface area (Å²) in [5.74, 6) is -0.412. The molecule has 5 heteroatoms. The summed E-state index contributed by atoms with van der Waals surface area (Å²) in [6.07, 6.45) is 0. The second-order valence-electron chi connectivity index (χ2n) is 3.42. The normalized spacial score (nSPS) is 11.8. The van der Waals surface area contributed by atoms with Crippen LogP contribution in [0.1, 0.15) is 18.1 Å². The van der Waals surface area contributed by atoms with E-state index in [0.29, 0.717) is 17.1 Å². The van der Waals surface area contributed by atoms with E-state index in [9.17, 15) is 4.79 Å². The number of benzene rings is 1. The van der Waals surface area contributed by atoms with Crippen LogP contribution in [-0.2, 0) is 11.3 Å². The quantitative estimate of drug-likeness (QED) is 0.825. The number of hydrogen-bond donors (Lipinski definition) is 2. The average Bonchev–Trinajstić information content (AvgIpc) is 2.26. The van der Waals surface area contributed by atoms with Gasteiger partial charge in [-0.05, 0) is 24.6 Å². The zero-order valence-electron chi connectivity index (χ0n) is 8.83. The van der Waals surface area contributed by atoms with E-state index < -0.39 is 11.9 Å². The number of nitriles is 1. The molecule has 3 N–H and O–H groups in total. The second kappa shape index (κ2) is 5.50. The van der Waals surface area contributed by atoms with Gasteiger partial charge in [-0.3, -0.25) is 4.79 Å². The van der Waals surface area contributed by atoms with E-state index in [1.807, 2.05) is 6.07 Å². The Bertz CT molecular complexity index is 439. The molecule has 1 rings (SSSR count). The lowest BCUT2D eigenvalue weighted by Crippen LogP contribution is -2.38. The molecule has 1 unspecified atom stereocenters. The standard InChI is InChI=1S/C11H12ClN3O/c1-7(11(14)16)15-6-9-3-2-8(5-13)4-10(9)12/h2-4,7,15H,6H2,1H3,(H2,14,16). The SMILES string of the molecule is CC(NCc1ccc(C#N)cc1Cl)C(N)=O. The van der Waals surface area contributed by atoms with Crippen LogP contribution in [0.5, 0.6) is 0 Å². The highest BCUT2D eigenvalue weighted by Crippen LogP contribution is 2.17. The Morgan fingerprint density at radius 1 is 1.69 bits per heavy atom. The van der Waals surface area contributed by atoms with Gasteiger partial charge in [0, 0.05) is 11.6 Å². The van der Waals surface area contributed by atoms with Gasteiger partial charge in [0.25, 0.3) is 0 Å². The highest BCUT2D eigenvalue weighted by molar-refractivity contribution is 6.31. The van der Waals surface area contributed by atoms with Gasteiger partial charge in [0.1, 0.15) is 0 Å². The third kappa shape index (κ3) is 3.23. The van der Waals surface area contributed by atoms with Crippen molar-refractivity contribution in [1.82, 2.24) is 5.32 Å². The van der Waals surface area contributed by atoms with Crippen molar-refractivity contribution >= 4 is 17.5 Å². The third-order valence-electron chi connectivity index (χ3n) is 2.21. The van der Waals surface area contributed by atoms with Crippen LogP contribution in [0.4, 0.5) is 0 Å². The number of amides is 1. The Morgan fingerprint density at radius 3 is 2.88 bits per heavy atom. The van der Waals surface area contributed by atoms with Gasteiger partial charge < -0.3 is 11.1 Å². The molecule has 84 valence electrons. The van der Waals surface area contributed by atoms with E-state index in [-0.39, 0.29) is 0 Å². The number of rotatable bonds is 4. The van der Waals surface area contributed by atoms with Gasteiger partial charge in [-0.2, -0.15) is 5.26 Å². The summed E-state index contributed by atoms with van der Waals surface area (Å²) in [4.78, 5) is 10.8. The lowest BCUT2D eigenvalue weighted by Gasteiger charge is -2.10. The number of carbonyl (C=O) groups excluding carboxylic acids is 1. The van der Waals surface area contributed by atoms with Crippen molar-refractivity contribution in [3.05, 3.63) is 34.3 Å². The molecule has 1 aromatic rings. The fraction of sp³-hybridized carbons (Fsp3) is 0.273. The fourth-order valence-electron chi connectivity index (χ4n) is 1.12. The predicted octanol–water partition coefficient (Wildman–Crippen LogP) is 1.18. The Hall–Kier alpha value is -1.57. The Balaban J connectivity index is 2.69. The smallest absolute Gasteiger partial charge is 0.234 e. The number of hydrogen-bond acceptors (Lipinski definition) is 3. The maximum Gasteiger partial charge on any atom is 0.234 e. The Kier molecular flexibility index (Phi) is 4.29. The maximum atomic E-state index is 10.8. The predicted molar refractivity (Wildman–Crippen MR) is 61.7 cm³/mol. The molecule has 0 bridgehead atoms. The van der Waals surface area contributed by atoms with Gasteiger partial charge in [-0.25, -0.2) is 0 Å². The summed E-state index contributed by atoms with van der Waals surface area (Å²) >= 11 is 5.96. The first-order valence-corrected chi connectivity index (χ1v) is 5.13. The molecule has 1 aromatic carbocycles. The minimum atomic E-state index is -0.412. The van der Waals surface area contributed by atoms with Gasteiger partial charge in [-0.1, -0.05) is 17.7 Å². The lowest BCUT2D eigenvalue weighted by atomic mass is 10.1. The molecule has 0 spiro atoms. The third-order valence-corrected chi connectivity index (χ3v) is 2.56. The summed E-state index contributed by atoms with van der Waals surface area (Å²) in [6, 6.07) is 6.61. The van der Waals surface area contributed by atoms with Crippen LogP contribution in [0.15, 0.2) is 18.2 Å². The van der Waals surface area contributed by atoms with Gasteiger partial charge in [0.2, 0.25) is 5.91 Å². The molecule has 0 aliphatic carbocycles. The van der Waals surface area contributed by atoms with E-state index in [1.165, 1.54) is 0 Å². The van der Waals surface area contributed by atoms with Crippen molar-refractivity contribution in [3.8, 4) is 6.07 Å². The molecule has 0 heterocycles. The van der Waals surface area contributed by atoms with Crippen LogP contribution in [-0.4, -0.2) is 11.9 Å². The van der Waals surface area contributed by atoms with Gasteiger partial charge in [0.05, 0.1) is 17.7 Å². The van der Waals surface area contributed by atoms with Crippen LogP contribution in [0.2, 0.25) is 5.02 Å². The second-order valence-corrected chi connectivity index (χ2v) is 3.83. The Labute approximate surface area is 99.0 Å². The molecule has 0 saturated heterocycles. The van der Waals surface area contributed by atoms with E-state index in [4.69, 9.17) is 22.6 Å². The molecule has 0 aliphatic heterocycles. The summed E-state index contributed by atoms with van der Waals surface area (Å²) in [6.45, 7) is 2.12. The number of halogens is 1. The number of nitrogens with two attached hydrogens (primary N) is 1. The molecule has 1 amide bonds. The molecule has 0 radical (unpaired) electrons. The molecule has 1 atom stereocenters. The van der Waals surface area contributed by atoms with E-state index in [2.05, 4.69) is 5.32 Å². The average molecular weight is 238 g/mol. The van der Waals surface area contributed by atoms with E-state index in [1.54, 1.807) is 25.1 Å². The fourth-order valence-corrected chi connectivity index (χ4v) is 1.37. The molecule has 4 nitrogen and oxygen atoms in total. The maximum absolute atomic E-state index is 10.8. The van der Waals surface area contributed by atoms with Crippen molar-refractivity contribution in [1.29, 1.82) is 5.26 Å². The molecule has 16 heavy (non-hydrogen) atoms. The monoisotopic (exact) mass is 237 g/mol. The van der Waals surface area contributed by atoms with E-state index in [0.717, 1.165) is 5.56 Å². The molecular weight excluding hydrogens is 226 g/mol. The topological polar surface area (TPSA) is 78.9 Å². The summed E-state index contributed by atoms with van der Waals surface area (Å²) in [5, 5.41) is 12.1. The zero-order valence-corrected chi connectivity index (χ0v) is 9.58. The first-order valence-electron chi connectivity index (χ1n) is 4.76. The first kappa shape index (κ1) is 12.5. The molecule has 0 fully saturated rings. The number of carbonyl (C=O) groups is 1. The number of primary amides is 1. The van der Waals surface area contributed by atoms with Crippen molar-refractivity contribution in [2.75, 3.05) is 0 Å². The van der Waals surface area contributed by atoms with Gasteiger partial charge >= 0.3 is 0 Å². The van der Waals surface area contributed by atoms with Gasteiger partial charge in [0.15, 0.2) is 0 Å². The summed E-state index contributed by atoms with van der Waals surface area (Å²) in [7, 11) is 0. The highest BCUT2D eigenvalue weighted by atomic mass is 35.5. The Morgan fingerprint density at radius 2 is 2.38 bits per heavy atom. The van der Waals surface area contributed by atoms with Crippen LogP contribution in [0, 0.1) is 11.3 Å². The van der Waals surface area contributed by atoms with Crippen LogP contribution in [0.3, 0.4) is 0 Å². The summed E-state index contributed by atoms with van der Waals surface area (Å²) < 4.78 is 0. The minimum Gasteiger partial charge on any atom is -0.368 e. The van der Waals surface area contributed by atoms with Gasteiger partial charge in [-0.15, -0.1) is 0 Å². The van der Waals surface area contributed by atoms with Crippen LogP contribution in [0.25, 0.3) is 0 Å². The van der Waals surface area contributed by atoms with Crippen molar-refractivity contribution in [2.45, 2.75) is 19.5 Å². The number of nitrogens with one attached hydrogen (secondary N) is 1. The van der Waals surface area contributed by atoms with Crippen LogP contribution < -0.4 is 11.1 Å². The molecular formula is C11H12ClN3O. The highest BCUT2D eigenvalue weighted by Gasteiger charge is 2.08. The van der Waals surface area contributed by atoms with Crippen molar-refractivity contribution in [3.63, 3.8) is 0 Å². The molecule has 0 saturated carbocycles. The molecule has 0 aliphatic rings. The lowest BCUT2D eigenvalue weighted by molar-refractivity contribution is -0.119. The van der Waals surface area contributed by atoms with Crippen molar-refractivity contribution < 1.29 is 4.79 Å². The molecule has 0 aromatic heterocycles. The van der Waals surface area contributed by atoms with Crippen LogP contribution >= 0.6 is 11.6 Å². The summed E-state index contributed by atoms with van der Waals surface area (Å²) in [5.41, 5.74) is 6.44. The van der Waals surface area contributed by atoms with Crippen molar-refractivity contribution in [2.24, 2.45) is 5.73 Å². The zero-order chi connectivity index (χ0) is 12.1. The minimum absolute atomic E-state index is 0.410.